The lowest BCUT2D eigenvalue weighted by atomic mass is 10.0. The Morgan fingerprint density at radius 3 is 2.53 bits per heavy atom. The molecule has 0 aliphatic rings. The van der Waals surface area contributed by atoms with E-state index in [0.717, 1.165) is 5.56 Å². The van der Waals surface area contributed by atoms with Gasteiger partial charge in [-0.25, -0.2) is 0 Å². The second kappa shape index (κ2) is 6.21. The van der Waals surface area contributed by atoms with E-state index < -0.39 is 5.54 Å². The number of benzene rings is 1. The predicted molar refractivity (Wildman–Crippen MR) is 67.4 cm³/mol. The normalized spacial score (nSPS) is 11.6. The highest BCUT2D eigenvalue weighted by Crippen LogP contribution is 2.26. The number of aliphatic hydroxyl groups is 2. The Hall–Kier alpha value is -0.810. The zero-order chi connectivity index (χ0) is 12.9. The van der Waals surface area contributed by atoms with Crippen LogP contribution in [0.25, 0.3) is 0 Å². The molecule has 5 heteroatoms. The summed E-state index contributed by atoms with van der Waals surface area (Å²) in [6, 6.07) is 5.40. The van der Waals surface area contributed by atoms with Crippen molar-refractivity contribution in [1.82, 2.24) is 5.32 Å². The lowest BCUT2D eigenvalue weighted by molar-refractivity contribution is 0.103. The van der Waals surface area contributed by atoms with Gasteiger partial charge in [-0.05, 0) is 19.1 Å². The number of nitrogens with one attached hydrogen (secondary N) is 1. The van der Waals surface area contributed by atoms with Crippen LogP contribution in [0.3, 0.4) is 0 Å². The zero-order valence-corrected chi connectivity index (χ0v) is 10.8. The van der Waals surface area contributed by atoms with Crippen LogP contribution in [0.1, 0.15) is 12.5 Å². The maximum absolute atomic E-state index is 9.17. The van der Waals surface area contributed by atoms with Crippen molar-refractivity contribution in [2.75, 3.05) is 20.3 Å². The first-order valence-corrected chi connectivity index (χ1v) is 5.72. The van der Waals surface area contributed by atoms with Gasteiger partial charge in [0, 0.05) is 17.1 Å². The van der Waals surface area contributed by atoms with Crippen LogP contribution in [0.2, 0.25) is 5.02 Å². The van der Waals surface area contributed by atoms with Crippen LogP contribution in [0, 0.1) is 0 Å². The van der Waals surface area contributed by atoms with Crippen LogP contribution >= 0.6 is 11.6 Å². The van der Waals surface area contributed by atoms with E-state index in [-0.39, 0.29) is 13.2 Å². The molecule has 0 aromatic heterocycles. The van der Waals surface area contributed by atoms with Crippen LogP contribution in [-0.2, 0) is 6.54 Å². The Labute approximate surface area is 106 Å². The van der Waals surface area contributed by atoms with Gasteiger partial charge in [0.25, 0.3) is 0 Å². The lowest BCUT2D eigenvalue weighted by Crippen LogP contribution is -2.48. The first-order valence-electron chi connectivity index (χ1n) is 5.34. The van der Waals surface area contributed by atoms with E-state index >= 15 is 0 Å². The number of hydrogen-bond acceptors (Lipinski definition) is 4. The van der Waals surface area contributed by atoms with Gasteiger partial charge in [0.1, 0.15) is 5.75 Å². The highest BCUT2D eigenvalue weighted by molar-refractivity contribution is 6.31. The quantitative estimate of drug-likeness (QED) is 0.718. The standard InChI is InChI=1S/C12H18ClNO3/c1-12(7-15,8-16)14-6-9-10(13)4-3-5-11(9)17-2/h3-5,14-16H,6-8H2,1-2H3. The molecule has 96 valence electrons. The third-order valence-electron chi connectivity index (χ3n) is 2.69. The van der Waals surface area contributed by atoms with Gasteiger partial charge in [-0.3, -0.25) is 0 Å². The first kappa shape index (κ1) is 14.3. The van der Waals surface area contributed by atoms with Crippen molar-refractivity contribution in [3.05, 3.63) is 28.8 Å². The van der Waals surface area contributed by atoms with Crippen LogP contribution in [0.15, 0.2) is 18.2 Å². The summed E-state index contributed by atoms with van der Waals surface area (Å²) in [4.78, 5) is 0. The third-order valence-corrected chi connectivity index (χ3v) is 3.04. The number of methoxy groups -OCH3 is 1. The Morgan fingerprint density at radius 2 is 2.00 bits per heavy atom. The molecule has 0 fully saturated rings. The highest BCUT2D eigenvalue weighted by atomic mass is 35.5. The molecule has 17 heavy (non-hydrogen) atoms. The average molecular weight is 260 g/mol. The average Bonchev–Trinajstić information content (AvgIpc) is 2.36. The summed E-state index contributed by atoms with van der Waals surface area (Å²) in [5.41, 5.74) is 0.0780. The maximum atomic E-state index is 9.17. The molecule has 0 saturated heterocycles. The topological polar surface area (TPSA) is 61.7 Å². The van der Waals surface area contributed by atoms with E-state index in [1.54, 1.807) is 20.1 Å². The minimum atomic E-state index is -0.732. The largest absolute Gasteiger partial charge is 0.496 e. The van der Waals surface area contributed by atoms with Crippen molar-refractivity contribution in [1.29, 1.82) is 0 Å². The number of halogens is 1. The maximum Gasteiger partial charge on any atom is 0.124 e. The van der Waals surface area contributed by atoms with Crippen molar-refractivity contribution < 1.29 is 14.9 Å². The number of ether oxygens (including phenoxy) is 1. The summed E-state index contributed by atoms with van der Waals surface area (Å²) in [6.07, 6.45) is 0. The highest BCUT2D eigenvalue weighted by Gasteiger charge is 2.22. The molecule has 0 unspecified atom stereocenters. The third kappa shape index (κ3) is 3.57. The Morgan fingerprint density at radius 1 is 1.35 bits per heavy atom. The van der Waals surface area contributed by atoms with E-state index in [0.29, 0.717) is 17.3 Å². The predicted octanol–water partition coefficient (Wildman–Crippen LogP) is 1.18. The summed E-state index contributed by atoms with van der Waals surface area (Å²) >= 11 is 6.08. The fourth-order valence-electron chi connectivity index (χ4n) is 1.37. The summed E-state index contributed by atoms with van der Waals surface area (Å²) in [6.45, 7) is 1.84. The van der Waals surface area contributed by atoms with E-state index in [9.17, 15) is 10.2 Å². The molecule has 0 atom stereocenters. The van der Waals surface area contributed by atoms with Crippen molar-refractivity contribution in [3.8, 4) is 5.75 Å². The molecule has 0 saturated carbocycles. The van der Waals surface area contributed by atoms with Gasteiger partial charge >= 0.3 is 0 Å². The molecule has 0 amide bonds. The fourth-order valence-corrected chi connectivity index (χ4v) is 1.60. The minimum Gasteiger partial charge on any atom is -0.496 e. The Kier molecular flexibility index (Phi) is 5.21. The Bertz CT molecular complexity index is 367. The van der Waals surface area contributed by atoms with Crippen LogP contribution in [0.4, 0.5) is 0 Å². The molecule has 1 rings (SSSR count). The second-order valence-electron chi connectivity index (χ2n) is 4.15. The number of hydrogen-bond donors (Lipinski definition) is 3. The molecule has 3 N–H and O–H groups in total. The molecular formula is C12H18ClNO3. The van der Waals surface area contributed by atoms with Gasteiger partial charge < -0.3 is 20.3 Å². The van der Waals surface area contributed by atoms with Crippen molar-refractivity contribution in [2.24, 2.45) is 0 Å². The van der Waals surface area contributed by atoms with Gasteiger partial charge in [-0.15, -0.1) is 0 Å². The molecule has 4 nitrogen and oxygen atoms in total. The molecule has 1 aromatic carbocycles. The van der Waals surface area contributed by atoms with Crippen LogP contribution < -0.4 is 10.1 Å². The second-order valence-corrected chi connectivity index (χ2v) is 4.56. The first-order chi connectivity index (χ1) is 8.06. The molecule has 0 spiro atoms. The van der Waals surface area contributed by atoms with Crippen molar-refractivity contribution >= 4 is 11.6 Å². The molecule has 0 bridgehead atoms. The summed E-state index contributed by atoms with van der Waals surface area (Å²) in [5.74, 6) is 0.684. The van der Waals surface area contributed by atoms with Gasteiger partial charge in [-0.2, -0.15) is 0 Å². The van der Waals surface area contributed by atoms with Crippen molar-refractivity contribution in [2.45, 2.75) is 19.0 Å². The molecule has 0 aliphatic heterocycles. The molecule has 0 aliphatic carbocycles. The monoisotopic (exact) mass is 259 g/mol. The van der Waals surface area contributed by atoms with Gasteiger partial charge in [0.05, 0.1) is 25.9 Å². The molecular weight excluding hydrogens is 242 g/mol. The lowest BCUT2D eigenvalue weighted by Gasteiger charge is -2.27. The number of rotatable bonds is 6. The summed E-state index contributed by atoms with van der Waals surface area (Å²) in [5, 5.41) is 22.0. The molecule has 0 heterocycles. The van der Waals surface area contributed by atoms with E-state index in [1.165, 1.54) is 0 Å². The van der Waals surface area contributed by atoms with Crippen molar-refractivity contribution in [3.63, 3.8) is 0 Å². The summed E-state index contributed by atoms with van der Waals surface area (Å²) < 4.78 is 5.21. The van der Waals surface area contributed by atoms with E-state index in [1.807, 2.05) is 12.1 Å². The Balaban J connectivity index is 2.81. The van der Waals surface area contributed by atoms with E-state index in [4.69, 9.17) is 16.3 Å². The smallest absolute Gasteiger partial charge is 0.124 e. The molecule has 1 aromatic rings. The van der Waals surface area contributed by atoms with Gasteiger partial charge in [-0.1, -0.05) is 17.7 Å². The zero-order valence-electron chi connectivity index (χ0n) is 10.0. The van der Waals surface area contributed by atoms with Gasteiger partial charge in [0.2, 0.25) is 0 Å². The van der Waals surface area contributed by atoms with Gasteiger partial charge in [0.15, 0.2) is 0 Å². The van der Waals surface area contributed by atoms with E-state index in [2.05, 4.69) is 5.32 Å². The summed E-state index contributed by atoms with van der Waals surface area (Å²) in [7, 11) is 1.58. The minimum absolute atomic E-state index is 0.156. The van der Waals surface area contributed by atoms with Crippen LogP contribution in [0.5, 0.6) is 5.75 Å². The molecule has 0 radical (unpaired) electrons. The van der Waals surface area contributed by atoms with Crippen LogP contribution in [-0.4, -0.2) is 36.1 Å². The number of aliphatic hydroxyl groups excluding tert-OH is 2. The SMILES string of the molecule is COc1cccc(Cl)c1CNC(C)(CO)CO. The fraction of sp³-hybridized carbons (Fsp3) is 0.500.